The summed E-state index contributed by atoms with van der Waals surface area (Å²) in [5, 5.41) is 9.29. The van der Waals surface area contributed by atoms with Gasteiger partial charge >= 0.3 is 0 Å². The lowest BCUT2D eigenvalue weighted by molar-refractivity contribution is 0.450. The summed E-state index contributed by atoms with van der Waals surface area (Å²) in [5.41, 5.74) is 1.39. The molecule has 2 rings (SSSR count). The number of aromatic nitrogens is 2. The van der Waals surface area contributed by atoms with Crippen molar-refractivity contribution in [2.75, 3.05) is 0 Å². The molecule has 1 heterocycles. The third-order valence-corrected chi connectivity index (χ3v) is 2.13. The van der Waals surface area contributed by atoms with Crippen LogP contribution in [-0.2, 0) is 0 Å². The number of benzene rings is 1. The number of hydrogen-bond donors (Lipinski definition) is 1. The van der Waals surface area contributed by atoms with Gasteiger partial charge in [-0.05, 0) is 30.7 Å². The van der Waals surface area contributed by atoms with Gasteiger partial charge in [0.15, 0.2) is 5.82 Å². The van der Waals surface area contributed by atoms with E-state index in [9.17, 15) is 9.50 Å². The van der Waals surface area contributed by atoms with Crippen LogP contribution in [0.2, 0.25) is 0 Å². The molecule has 0 aliphatic carbocycles. The summed E-state index contributed by atoms with van der Waals surface area (Å²) in [7, 11) is 0. The van der Waals surface area contributed by atoms with E-state index in [1.807, 2.05) is 0 Å². The molecule has 0 unspecified atom stereocenters. The molecule has 0 atom stereocenters. The van der Waals surface area contributed by atoms with E-state index >= 15 is 0 Å². The summed E-state index contributed by atoms with van der Waals surface area (Å²) in [4.78, 5) is 7.96. The first-order valence-electron chi connectivity index (χ1n) is 5.12. The molecule has 2 aromatic rings. The van der Waals surface area contributed by atoms with Gasteiger partial charge in [-0.3, -0.25) is 0 Å². The molecule has 0 saturated carbocycles. The Balaban J connectivity index is 2.25. The topological polar surface area (TPSA) is 46.0 Å². The molecule has 0 spiro atoms. The SMILES string of the molecule is Cc1cc(O)nc(/C=C/c2cccc(F)c2)n1. The summed E-state index contributed by atoms with van der Waals surface area (Å²) in [6, 6.07) is 7.66. The van der Waals surface area contributed by atoms with Crippen LogP contribution >= 0.6 is 0 Å². The van der Waals surface area contributed by atoms with Gasteiger partial charge in [0.25, 0.3) is 0 Å². The summed E-state index contributed by atoms with van der Waals surface area (Å²) in [5.74, 6) is 0.0308. The lowest BCUT2D eigenvalue weighted by Gasteiger charge is -1.97. The number of hydrogen-bond acceptors (Lipinski definition) is 3. The molecule has 1 N–H and O–H groups in total. The molecule has 17 heavy (non-hydrogen) atoms. The van der Waals surface area contributed by atoms with Crippen LogP contribution in [0.3, 0.4) is 0 Å². The molecule has 0 fully saturated rings. The highest BCUT2D eigenvalue weighted by molar-refractivity contribution is 5.66. The Morgan fingerprint density at radius 3 is 2.71 bits per heavy atom. The van der Waals surface area contributed by atoms with E-state index in [-0.39, 0.29) is 11.7 Å². The van der Waals surface area contributed by atoms with Crippen LogP contribution < -0.4 is 0 Å². The lowest BCUT2D eigenvalue weighted by atomic mass is 10.2. The van der Waals surface area contributed by atoms with Crippen molar-refractivity contribution in [3.63, 3.8) is 0 Å². The molecule has 0 bridgehead atoms. The van der Waals surface area contributed by atoms with E-state index in [0.29, 0.717) is 11.5 Å². The van der Waals surface area contributed by atoms with Gasteiger partial charge in [-0.1, -0.05) is 18.2 Å². The van der Waals surface area contributed by atoms with Gasteiger partial charge in [-0.2, -0.15) is 4.98 Å². The van der Waals surface area contributed by atoms with Crippen LogP contribution in [0.1, 0.15) is 17.1 Å². The highest BCUT2D eigenvalue weighted by atomic mass is 19.1. The van der Waals surface area contributed by atoms with Gasteiger partial charge < -0.3 is 5.11 Å². The zero-order chi connectivity index (χ0) is 12.3. The first-order valence-corrected chi connectivity index (χ1v) is 5.12. The fourth-order valence-electron chi connectivity index (χ4n) is 1.43. The van der Waals surface area contributed by atoms with Crippen LogP contribution in [-0.4, -0.2) is 15.1 Å². The highest BCUT2D eigenvalue weighted by Gasteiger charge is 1.97. The van der Waals surface area contributed by atoms with Gasteiger partial charge in [0.1, 0.15) is 5.82 Å². The average Bonchev–Trinajstić information content (AvgIpc) is 2.25. The van der Waals surface area contributed by atoms with Crippen LogP contribution in [0.4, 0.5) is 4.39 Å². The summed E-state index contributed by atoms with van der Waals surface area (Å²) < 4.78 is 12.9. The minimum absolute atomic E-state index is 0.0728. The van der Waals surface area contributed by atoms with Crippen molar-refractivity contribution in [3.8, 4) is 5.88 Å². The van der Waals surface area contributed by atoms with Crippen molar-refractivity contribution in [2.24, 2.45) is 0 Å². The quantitative estimate of drug-likeness (QED) is 0.862. The smallest absolute Gasteiger partial charge is 0.214 e. The molecular weight excluding hydrogens is 219 g/mol. The van der Waals surface area contributed by atoms with E-state index in [1.165, 1.54) is 18.2 Å². The fourth-order valence-corrected chi connectivity index (χ4v) is 1.43. The Labute approximate surface area is 98.3 Å². The maximum Gasteiger partial charge on any atom is 0.214 e. The zero-order valence-electron chi connectivity index (χ0n) is 9.26. The molecule has 0 aliphatic rings. The molecular formula is C13H11FN2O. The second-order valence-electron chi connectivity index (χ2n) is 3.61. The van der Waals surface area contributed by atoms with Gasteiger partial charge in [0.05, 0.1) is 0 Å². The first-order chi connectivity index (χ1) is 8.13. The van der Waals surface area contributed by atoms with E-state index in [0.717, 1.165) is 5.56 Å². The van der Waals surface area contributed by atoms with E-state index in [1.54, 1.807) is 31.2 Å². The highest BCUT2D eigenvalue weighted by Crippen LogP contribution is 2.10. The Kier molecular flexibility index (Phi) is 3.14. The third kappa shape index (κ3) is 3.11. The van der Waals surface area contributed by atoms with Crippen molar-refractivity contribution in [1.82, 2.24) is 9.97 Å². The number of nitrogens with zero attached hydrogens (tertiary/aromatic N) is 2. The Morgan fingerprint density at radius 2 is 2.00 bits per heavy atom. The Morgan fingerprint density at radius 1 is 1.18 bits per heavy atom. The van der Waals surface area contributed by atoms with Crippen molar-refractivity contribution in [2.45, 2.75) is 6.92 Å². The molecule has 0 radical (unpaired) electrons. The minimum Gasteiger partial charge on any atom is -0.493 e. The molecule has 3 nitrogen and oxygen atoms in total. The normalized spacial score (nSPS) is 10.9. The maximum absolute atomic E-state index is 12.9. The average molecular weight is 230 g/mol. The number of rotatable bonds is 2. The van der Waals surface area contributed by atoms with E-state index in [2.05, 4.69) is 9.97 Å². The predicted molar refractivity (Wildman–Crippen MR) is 63.8 cm³/mol. The second-order valence-corrected chi connectivity index (χ2v) is 3.61. The summed E-state index contributed by atoms with van der Waals surface area (Å²) >= 11 is 0. The predicted octanol–water partition coefficient (Wildman–Crippen LogP) is 2.80. The van der Waals surface area contributed by atoms with Crippen molar-refractivity contribution < 1.29 is 9.50 Å². The zero-order valence-corrected chi connectivity index (χ0v) is 9.26. The Hall–Kier alpha value is -2.23. The van der Waals surface area contributed by atoms with Gasteiger partial charge in [-0.25, -0.2) is 9.37 Å². The maximum atomic E-state index is 12.9. The van der Waals surface area contributed by atoms with Crippen LogP contribution in [0.5, 0.6) is 5.88 Å². The third-order valence-electron chi connectivity index (χ3n) is 2.13. The van der Waals surface area contributed by atoms with E-state index in [4.69, 9.17) is 0 Å². The standard InChI is InChI=1S/C13H11FN2O/c1-9-7-13(17)16-12(15-9)6-5-10-3-2-4-11(14)8-10/h2-8H,1H3,(H,15,16,17)/b6-5+. The van der Waals surface area contributed by atoms with Gasteiger partial charge in [-0.15, -0.1) is 0 Å². The van der Waals surface area contributed by atoms with Crippen molar-refractivity contribution in [3.05, 3.63) is 53.2 Å². The monoisotopic (exact) mass is 230 g/mol. The van der Waals surface area contributed by atoms with Gasteiger partial charge in [0, 0.05) is 11.8 Å². The molecule has 0 amide bonds. The van der Waals surface area contributed by atoms with Crippen LogP contribution in [0, 0.1) is 12.7 Å². The summed E-state index contributed by atoms with van der Waals surface area (Å²) in [6.45, 7) is 1.76. The second kappa shape index (κ2) is 4.74. The van der Waals surface area contributed by atoms with Crippen LogP contribution in [0.25, 0.3) is 12.2 Å². The van der Waals surface area contributed by atoms with E-state index < -0.39 is 0 Å². The fraction of sp³-hybridized carbons (Fsp3) is 0.0769. The molecule has 1 aromatic heterocycles. The first kappa shape index (κ1) is 11.3. The van der Waals surface area contributed by atoms with Crippen molar-refractivity contribution >= 4 is 12.2 Å². The molecule has 86 valence electrons. The number of aromatic hydroxyl groups is 1. The minimum atomic E-state index is -0.292. The Bertz CT molecular complexity index is 547. The van der Waals surface area contributed by atoms with Gasteiger partial charge in [0.2, 0.25) is 5.88 Å². The van der Waals surface area contributed by atoms with Crippen molar-refractivity contribution in [1.29, 1.82) is 0 Å². The molecule has 4 heteroatoms. The lowest BCUT2D eigenvalue weighted by Crippen LogP contribution is -1.90. The van der Waals surface area contributed by atoms with Crippen LogP contribution in [0.15, 0.2) is 30.3 Å². The largest absolute Gasteiger partial charge is 0.493 e. The number of aryl methyl sites for hydroxylation is 1. The molecule has 0 aliphatic heterocycles. The molecule has 1 aromatic carbocycles. The summed E-state index contributed by atoms with van der Waals surface area (Å²) in [6.07, 6.45) is 3.32. The molecule has 0 saturated heterocycles. The number of halogens is 1.